The summed E-state index contributed by atoms with van der Waals surface area (Å²) in [5.74, 6) is 0. The Bertz CT molecular complexity index is 31.8. The van der Waals surface area contributed by atoms with Crippen LogP contribution in [0.15, 0.2) is 0 Å². The standard InChI is InChI=1S/H2O3Si.2H2S/c1-4(2)3;;/h1-2H;2*1H2. The van der Waals surface area contributed by atoms with Gasteiger partial charge in [0.2, 0.25) is 0 Å². The second-order valence-corrected chi connectivity index (χ2v) is 0.848. The summed E-state index contributed by atoms with van der Waals surface area (Å²) >= 11 is 0. The van der Waals surface area contributed by atoms with Crippen molar-refractivity contribution >= 4 is 36.2 Å². The predicted octanol–water partition coefficient (Wildman–Crippen LogP) is -1.39. The molecule has 0 aromatic carbocycles. The third-order valence-electron chi connectivity index (χ3n) is 0. The van der Waals surface area contributed by atoms with Crippen molar-refractivity contribution in [2.24, 2.45) is 0 Å². The Kier molecular flexibility index (Phi) is 24.4. The van der Waals surface area contributed by atoms with Crippen LogP contribution in [0.2, 0.25) is 0 Å². The van der Waals surface area contributed by atoms with Gasteiger partial charge >= 0.3 is 9.17 Å². The zero-order valence-corrected chi connectivity index (χ0v) is 5.80. The predicted molar refractivity (Wildman–Crippen MR) is 31.6 cm³/mol. The van der Waals surface area contributed by atoms with Crippen molar-refractivity contribution in [2.75, 3.05) is 0 Å². The van der Waals surface area contributed by atoms with Gasteiger partial charge in [-0.2, -0.15) is 27.0 Å². The maximum Gasteiger partial charge on any atom is 0.761 e. The first-order valence-corrected chi connectivity index (χ1v) is 1.95. The molecule has 0 heterocycles. The molecule has 0 aromatic rings. The molecule has 0 fully saturated rings. The Balaban J connectivity index is -0.0000000450. The lowest BCUT2D eigenvalue weighted by Gasteiger charge is -1.55. The van der Waals surface area contributed by atoms with E-state index in [9.17, 15) is 0 Å². The van der Waals surface area contributed by atoms with Gasteiger partial charge in [0.25, 0.3) is 0 Å². The summed E-state index contributed by atoms with van der Waals surface area (Å²) in [7, 11) is -3.13. The van der Waals surface area contributed by atoms with Crippen molar-refractivity contribution in [3.05, 3.63) is 0 Å². The summed E-state index contributed by atoms with van der Waals surface area (Å²) in [6.07, 6.45) is 0. The highest BCUT2D eigenvalue weighted by Crippen LogP contribution is 1.27. The fraction of sp³-hybridized carbons (Fsp3) is 0. The lowest BCUT2D eigenvalue weighted by molar-refractivity contribution is 0.330. The minimum atomic E-state index is -3.13. The Morgan fingerprint density at radius 3 is 1.17 bits per heavy atom. The van der Waals surface area contributed by atoms with E-state index >= 15 is 0 Å². The molecule has 0 aromatic heterocycles. The number of hydrogen-bond donors (Lipinski definition) is 2. The van der Waals surface area contributed by atoms with Gasteiger partial charge in [-0.05, 0) is 0 Å². The minimum absolute atomic E-state index is 0. The number of rotatable bonds is 0. The lowest BCUT2D eigenvalue weighted by atomic mass is 15.8. The van der Waals surface area contributed by atoms with Crippen molar-refractivity contribution in [2.45, 2.75) is 0 Å². The van der Waals surface area contributed by atoms with E-state index in [4.69, 9.17) is 14.1 Å². The third kappa shape index (κ3) is 473. The minimum Gasteiger partial charge on any atom is -0.511 e. The van der Waals surface area contributed by atoms with Crippen LogP contribution in [0.4, 0.5) is 0 Å². The second-order valence-electron chi connectivity index (χ2n) is 0.283. The van der Waals surface area contributed by atoms with E-state index < -0.39 is 9.17 Å². The molecule has 0 spiro atoms. The second kappa shape index (κ2) is 9.01. The summed E-state index contributed by atoms with van der Waals surface area (Å²) in [5, 5.41) is 0. The van der Waals surface area contributed by atoms with Crippen molar-refractivity contribution in [3.63, 3.8) is 0 Å². The fourth-order valence-electron chi connectivity index (χ4n) is 0. The average Bonchev–Trinajstić information content (AvgIpc) is 0.811. The monoisotopic (exact) mass is 146 g/mol. The van der Waals surface area contributed by atoms with Crippen LogP contribution in [-0.4, -0.2) is 18.8 Å². The van der Waals surface area contributed by atoms with Crippen LogP contribution < -0.4 is 0 Å². The Morgan fingerprint density at radius 2 is 1.17 bits per heavy atom. The van der Waals surface area contributed by atoms with Crippen LogP contribution in [-0.2, 0) is 4.46 Å². The first kappa shape index (κ1) is 16.2. The Hall–Kier alpha value is 0.317. The van der Waals surface area contributed by atoms with E-state index in [1.807, 2.05) is 0 Å². The Labute approximate surface area is 50.8 Å². The molecule has 0 rings (SSSR count). The van der Waals surface area contributed by atoms with Gasteiger partial charge in [-0.3, -0.25) is 4.46 Å². The SMILES string of the molecule is O=[Si](O)O.S.S. The van der Waals surface area contributed by atoms with E-state index in [-0.39, 0.29) is 27.0 Å². The molecular formula is H6O3S2Si. The fourth-order valence-corrected chi connectivity index (χ4v) is 0. The molecular weight excluding hydrogens is 140 g/mol. The van der Waals surface area contributed by atoms with Gasteiger partial charge in [0.1, 0.15) is 0 Å². The van der Waals surface area contributed by atoms with Gasteiger partial charge in [0.05, 0.1) is 0 Å². The van der Waals surface area contributed by atoms with Gasteiger partial charge in [0.15, 0.2) is 0 Å². The van der Waals surface area contributed by atoms with Gasteiger partial charge in [-0.25, -0.2) is 0 Å². The van der Waals surface area contributed by atoms with Crippen molar-refractivity contribution in [3.8, 4) is 0 Å². The average molecular weight is 146 g/mol. The maximum absolute atomic E-state index is 8.74. The van der Waals surface area contributed by atoms with Gasteiger partial charge in [0, 0.05) is 0 Å². The van der Waals surface area contributed by atoms with Crippen LogP contribution in [0.5, 0.6) is 0 Å². The van der Waals surface area contributed by atoms with Crippen molar-refractivity contribution < 1.29 is 14.1 Å². The summed E-state index contributed by atoms with van der Waals surface area (Å²) in [6.45, 7) is 0. The molecule has 0 radical (unpaired) electrons. The highest BCUT2D eigenvalue weighted by molar-refractivity contribution is 7.59. The summed E-state index contributed by atoms with van der Waals surface area (Å²) < 4.78 is 8.74. The topological polar surface area (TPSA) is 57.5 Å². The first-order chi connectivity index (χ1) is 1.73. The molecule has 0 saturated heterocycles. The molecule has 40 valence electrons. The molecule has 0 amide bonds. The zero-order valence-electron chi connectivity index (χ0n) is 2.80. The molecule has 6 heteroatoms. The largest absolute Gasteiger partial charge is 0.761 e. The summed E-state index contributed by atoms with van der Waals surface area (Å²) in [6, 6.07) is 0. The number of hydrogen-bond acceptors (Lipinski definition) is 1. The van der Waals surface area contributed by atoms with Crippen LogP contribution in [0.3, 0.4) is 0 Å². The van der Waals surface area contributed by atoms with Crippen LogP contribution in [0.1, 0.15) is 0 Å². The van der Waals surface area contributed by atoms with Crippen LogP contribution in [0, 0.1) is 0 Å². The molecule has 2 N–H and O–H groups in total. The highest BCUT2D eigenvalue weighted by Gasteiger charge is 1.85. The molecule has 3 nitrogen and oxygen atoms in total. The molecule has 0 aliphatic heterocycles. The Morgan fingerprint density at radius 1 is 1.17 bits per heavy atom. The molecule has 0 saturated carbocycles. The van der Waals surface area contributed by atoms with E-state index in [2.05, 4.69) is 0 Å². The van der Waals surface area contributed by atoms with Gasteiger partial charge in [-0.15, -0.1) is 0 Å². The summed E-state index contributed by atoms with van der Waals surface area (Å²) in [5.41, 5.74) is 0. The van der Waals surface area contributed by atoms with Crippen LogP contribution in [0.25, 0.3) is 0 Å². The molecule has 0 aliphatic rings. The van der Waals surface area contributed by atoms with E-state index in [1.165, 1.54) is 0 Å². The van der Waals surface area contributed by atoms with Gasteiger partial charge in [-0.1, -0.05) is 0 Å². The first-order valence-electron chi connectivity index (χ1n) is 0.651. The summed E-state index contributed by atoms with van der Waals surface area (Å²) in [4.78, 5) is 14.3. The van der Waals surface area contributed by atoms with Crippen molar-refractivity contribution in [1.82, 2.24) is 0 Å². The highest BCUT2D eigenvalue weighted by atomic mass is 32.1. The van der Waals surface area contributed by atoms with Crippen molar-refractivity contribution in [1.29, 1.82) is 0 Å². The molecule has 0 atom stereocenters. The lowest BCUT2D eigenvalue weighted by Crippen LogP contribution is -1.90. The smallest absolute Gasteiger partial charge is 0.511 e. The van der Waals surface area contributed by atoms with E-state index in [0.717, 1.165) is 0 Å². The molecule has 0 bridgehead atoms. The quantitative estimate of drug-likeness (QED) is 0.414. The zero-order chi connectivity index (χ0) is 3.58. The van der Waals surface area contributed by atoms with E-state index in [0.29, 0.717) is 0 Å². The van der Waals surface area contributed by atoms with Gasteiger partial charge < -0.3 is 9.59 Å². The third-order valence-corrected chi connectivity index (χ3v) is 0. The molecule has 6 heavy (non-hydrogen) atoms. The molecule has 0 unspecified atom stereocenters. The maximum atomic E-state index is 8.74. The molecule has 0 aliphatic carbocycles. The van der Waals surface area contributed by atoms with Crippen LogP contribution >= 0.6 is 27.0 Å². The van der Waals surface area contributed by atoms with E-state index in [1.54, 1.807) is 0 Å². The normalized spacial score (nSPS) is 4.00.